The molecule has 0 aromatic heterocycles. The SMILES string of the molecule is CC(N)c1ccc(N2CC(=O)NCC2=O)cc1. The molecule has 1 atom stereocenters. The van der Waals surface area contributed by atoms with Gasteiger partial charge in [-0.3, -0.25) is 9.59 Å². The van der Waals surface area contributed by atoms with Crippen molar-refractivity contribution in [3.63, 3.8) is 0 Å². The molecule has 1 aromatic rings. The van der Waals surface area contributed by atoms with Gasteiger partial charge in [-0.25, -0.2) is 0 Å². The molecule has 0 spiro atoms. The zero-order valence-corrected chi connectivity index (χ0v) is 9.64. The Morgan fingerprint density at radius 3 is 2.53 bits per heavy atom. The van der Waals surface area contributed by atoms with E-state index in [-0.39, 0.29) is 30.9 Å². The molecule has 1 aromatic carbocycles. The number of hydrogen-bond donors (Lipinski definition) is 2. The number of carbonyl (C=O) groups excluding carboxylic acids is 2. The van der Waals surface area contributed by atoms with Crippen molar-refractivity contribution in [1.82, 2.24) is 5.32 Å². The lowest BCUT2D eigenvalue weighted by Gasteiger charge is -2.26. The Balaban J connectivity index is 2.21. The van der Waals surface area contributed by atoms with Gasteiger partial charge in [0.25, 0.3) is 0 Å². The van der Waals surface area contributed by atoms with Gasteiger partial charge in [0.05, 0.1) is 6.54 Å². The van der Waals surface area contributed by atoms with E-state index >= 15 is 0 Å². The molecular formula is C12H15N3O2. The van der Waals surface area contributed by atoms with E-state index in [2.05, 4.69) is 5.32 Å². The molecule has 0 aliphatic carbocycles. The molecule has 1 saturated heterocycles. The molecule has 1 fully saturated rings. The molecule has 90 valence electrons. The van der Waals surface area contributed by atoms with Crippen LogP contribution in [0, 0.1) is 0 Å². The van der Waals surface area contributed by atoms with E-state index in [9.17, 15) is 9.59 Å². The van der Waals surface area contributed by atoms with Gasteiger partial charge in [-0.1, -0.05) is 12.1 Å². The smallest absolute Gasteiger partial charge is 0.246 e. The van der Waals surface area contributed by atoms with Crippen molar-refractivity contribution in [3.8, 4) is 0 Å². The summed E-state index contributed by atoms with van der Waals surface area (Å²) in [6.07, 6.45) is 0. The Morgan fingerprint density at radius 1 is 1.29 bits per heavy atom. The summed E-state index contributed by atoms with van der Waals surface area (Å²) < 4.78 is 0. The summed E-state index contributed by atoms with van der Waals surface area (Å²) in [5, 5.41) is 2.51. The first-order chi connectivity index (χ1) is 8.08. The number of rotatable bonds is 2. The third-order valence-corrected chi connectivity index (χ3v) is 2.77. The fraction of sp³-hybridized carbons (Fsp3) is 0.333. The number of nitrogens with zero attached hydrogens (tertiary/aromatic N) is 1. The standard InChI is InChI=1S/C12H15N3O2/c1-8(13)9-2-4-10(5-3-9)15-7-11(16)14-6-12(15)17/h2-5,8H,6-7,13H2,1H3,(H,14,16). The molecule has 5 heteroatoms. The minimum absolute atomic E-state index is 0.0376. The molecule has 2 amide bonds. The Morgan fingerprint density at radius 2 is 1.94 bits per heavy atom. The van der Waals surface area contributed by atoms with Gasteiger partial charge in [0.1, 0.15) is 6.54 Å². The highest BCUT2D eigenvalue weighted by atomic mass is 16.2. The van der Waals surface area contributed by atoms with Crippen molar-refractivity contribution in [2.24, 2.45) is 5.73 Å². The maximum absolute atomic E-state index is 11.6. The lowest BCUT2D eigenvalue weighted by Crippen LogP contribution is -2.51. The first kappa shape index (κ1) is 11.6. The monoisotopic (exact) mass is 233 g/mol. The van der Waals surface area contributed by atoms with E-state index in [1.165, 1.54) is 4.90 Å². The van der Waals surface area contributed by atoms with Gasteiger partial charge in [-0.05, 0) is 24.6 Å². The highest BCUT2D eigenvalue weighted by Crippen LogP contribution is 2.19. The number of nitrogens with one attached hydrogen (secondary N) is 1. The van der Waals surface area contributed by atoms with Crippen LogP contribution in [-0.2, 0) is 9.59 Å². The van der Waals surface area contributed by atoms with Gasteiger partial charge in [-0.15, -0.1) is 0 Å². The minimum atomic E-state index is -0.138. The van der Waals surface area contributed by atoms with Gasteiger partial charge < -0.3 is 16.0 Å². The number of amides is 2. The van der Waals surface area contributed by atoms with Gasteiger partial charge in [0, 0.05) is 11.7 Å². The number of hydrogen-bond acceptors (Lipinski definition) is 3. The second kappa shape index (κ2) is 4.55. The fourth-order valence-electron chi connectivity index (χ4n) is 1.75. The van der Waals surface area contributed by atoms with E-state index in [1.54, 1.807) is 0 Å². The van der Waals surface area contributed by atoms with Gasteiger partial charge >= 0.3 is 0 Å². The third-order valence-electron chi connectivity index (χ3n) is 2.77. The second-order valence-electron chi connectivity index (χ2n) is 4.14. The van der Waals surface area contributed by atoms with Crippen molar-refractivity contribution in [3.05, 3.63) is 29.8 Å². The Kier molecular flexibility index (Phi) is 3.10. The van der Waals surface area contributed by atoms with Crippen LogP contribution in [0.2, 0.25) is 0 Å². The first-order valence-corrected chi connectivity index (χ1v) is 5.50. The average Bonchev–Trinajstić information content (AvgIpc) is 2.32. The van der Waals surface area contributed by atoms with Crippen LogP contribution in [-0.4, -0.2) is 24.9 Å². The molecule has 3 N–H and O–H groups in total. The summed E-state index contributed by atoms with van der Waals surface area (Å²) >= 11 is 0. The normalized spacial score (nSPS) is 17.9. The van der Waals surface area contributed by atoms with E-state index in [0.717, 1.165) is 11.3 Å². The fourth-order valence-corrected chi connectivity index (χ4v) is 1.75. The number of piperazine rings is 1. The number of benzene rings is 1. The van der Waals surface area contributed by atoms with Crippen LogP contribution in [0.4, 0.5) is 5.69 Å². The highest BCUT2D eigenvalue weighted by molar-refractivity contribution is 6.04. The molecule has 0 radical (unpaired) electrons. The van der Waals surface area contributed by atoms with Crippen molar-refractivity contribution >= 4 is 17.5 Å². The quantitative estimate of drug-likeness (QED) is 0.764. The van der Waals surface area contributed by atoms with Gasteiger partial charge in [0.2, 0.25) is 11.8 Å². The van der Waals surface area contributed by atoms with E-state index < -0.39 is 0 Å². The molecule has 17 heavy (non-hydrogen) atoms. The lowest BCUT2D eigenvalue weighted by molar-refractivity contribution is -0.128. The zero-order valence-electron chi connectivity index (χ0n) is 9.64. The maximum Gasteiger partial charge on any atom is 0.246 e. The van der Waals surface area contributed by atoms with Crippen LogP contribution < -0.4 is 16.0 Å². The molecule has 1 aliphatic heterocycles. The molecule has 2 rings (SSSR count). The van der Waals surface area contributed by atoms with Crippen molar-refractivity contribution in [1.29, 1.82) is 0 Å². The maximum atomic E-state index is 11.6. The molecule has 1 aliphatic rings. The number of carbonyl (C=O) groups is 2. The topological polar surface area (TPSA) is 75.4 Å². The minimum Gasteiger partial charge on any atom is -0.345 e. The predicted molar refractivity (Wildman–Crippen MR) is 64.4 cm³/mol. The summed E-state index contributed by atoms with van der Waals surface area (Å²) in [6, 6.07) is 7.34. The van der Waals surface area contributed by atoms with E-state index in [1.807, 2.05) is 31.2 Å². The van der Waals surface area contributed by atoms with Crippen LogP contribution in [0.3, 0.4) is 0 Å². The average molecular weight is 233 g/mol. The van der Waals surface area contributed by atoms with E-state index in [0.29, 0.717) is 0 Å². The largest absolute Gasteiger partial charge is 0.345 e. The van der Waals surface area contributed by atoms with Gasteiger partial charge in [0.15, 0.2) is 0 Å². The Bertz CT molecular complexity index is 440. The predicted octanol–water partition coefficient (Wildman–Crippen LogP) is 0.169. The Hall–Kier alpha value is -1.88. The van der Waals surface area contributed by atoms with Crippen molar-refractivity contribution in [2.45, 2.75) is 13.0 Å². The molecule has 0 bridgehead atoms. The molecule has 5 nitrogen and oxygen atoms in total. The lowest BCUT2D eigenvalue weighted by atomic mass is 10.1. The molecule has 1 unspecified atom stereocenters. The summed E-state index contributed by atoms with van der Waals surface area (Å²) in [5.74, 6) is -0.237. The summed E-state index contributed by atoms with van der Waals surface area (Å²) in [5.41, 5.74) is 7.48. The summed E-state index contributed by atoms with van der Waals surface area (Å²) in [6.45, 7) is 2.04. The first-order valence-electron chi connectivity index (χ1n) is 5.50. The van der Waals surface area contributed by atoms with Gasteiger partial charge in [-0.2, -0.15) is 0 Å². The van der Waals surface area contributed by atoms with Crippen molar-refractivity contribution in [2.75, 3.05) is 18.0 Å². The van der Waals surface area contributed by atoms with Crippen molar-refractivity contribution < 1.29 is 9.59 Å². The number of anilines is 1. The summed E-state index contributed by atoms with van der Waals surface area (Å²) in [7, 11) is 0. The second-order valence-corrected chi connectivity index (χ2v) is 4.14. The third kappa shape index (κ3) is 2.45. The van der Waals surface area contributed by atoms with Crippen LogP contribution in [0.1, 0.15) is 18.5 Å². The molecule has 0 saturated carbocycles. The van der Waals surface area contributed by atoms with Crippen LogP contribution in [0.5, 0.6) is 0 Å². The number of nitrogens with two attached hydrogens (primary N) is 1. The molecular weight excluding hydrogens is 218 g/mol. The zero-order chi connectivity index (χ0) is 12.4. The van der Waals surface area contributed by atoms with Crippen LogP contribution in [0.25, 0.3) is 0 Å². The molecule has 1 heterocycles. The van der Waals surface area contributed by atoms with Crippen LogP contribution >= 0.6 is 0 Å². The Labute approximate surface area is 99.6 Å². The van der Waals surface area contributed by atoms with Crippen LogP contribution in [0.15, 0.2) is 24.3 Å². The highest BCUT2D eigenvalue weighted by Gasteiger charge is 2.24. The summed E-state index contributed by atoms with van der Waals surface area (Å²) in [4.78, 5) is 24.4. The van der Waals surface area contributed by atoms with E-state index in [4.69, 9.17) is 5.73 Å².